The number of benzene rings is 1. The van der Waals surface area contributed by atoms with Gasteiger partial charge in [-0.3, -0.25) is 29.2 Å². The summed E-state index contributed by atoms with van der Waals surface area (Å²) in [5.74, 6) is -3.12. The molecule has 4 aliphatic rings. The molecule has 5 amide bonds. The summed E-state index contributed by atoms with van der Waals surface area (Å²) in [5, 5.41) is 7.45. The predicted octanol–water partition coefficient (Wildman–Crippen LogP) is 4.01. The third-order valence-corrected chi connectivity index (χ3v) is 12.3. The van der Waals surface area contributed by atoms with E-state index in [1.165, 1.54) is 17.9 Å². The number of nitrogens with zero attached hydrogens (tertiary/aromatic N) is 2. The van der Waals surface area contributed by atoms with Gasteiger partial charge in [-0.05, 0) is 89.8 Å². The van der Waals surface area contributed by atoms with E-state index in [0.29, 0.717) is 24.1 Å². The first kappa shape index (κ1) is 42.5. The monoisotopic (exact) mass is 800 g/mol. The molecule has 1 aromatic carbocycles. The highest BCUT2D eigenvalue weighted by Gasteiger charge is 2.62. The van der Waals surface area contributed by atoms with Gasteiger partial charge < -0.3 is 29.9 Å². The maximum absolute atomic E-state index is 14.5. The molecule has 0 aromatic heterocycles. The second-order valence-corrected chi connectivity index (χ2v) is 19.3. The third-order valence-electron chi connectivity index (χ3n) is 10.5. The van der Waals surface area contributed by atoms with Gasteiger partial charge in [0.2, 0.25) is 21.8 Å². The summed E-state index contributed by atoms with van der Waals surface area (Å²) in [6.45, 7) is 16.7. The van der Waals surface area contributed by atoms with E-state index in [4.69, 9.17) is 9.47 Å². The van der Waals surface area contributed by atoms with Crippen LogP contribution in [0.25, 0.3) is 0 Å². The molecule has 17 heteroatoms. The highest BCUT2D eigenvalue weighted by molar-refractivity contribution is 7.91. The van der Waals surface area contributed by atoms with Crippen LogP contribution in [0.3, 0.4) is 0 Å². The van der Waals surface area contributed by atoms with Gasteiger partial charge in [0.25, 0.3) is 5.91 Å². The Morgan fingerprint density at radius 3 is 2.20 bits per heavy atom. The van der Waals surface area contributed by atoms with Crippen LogP contribution in [0.1, 0.15) is 104 Å². The van der Waals surface area contributed by atoms with E-state index in [1.54, 1.807) is 59.7 Å². The van der Waals surface area contributed by atoms with E-state index in [1.807, 2.05) is 0 Å². The van der Waals surface area contributed by atoms with E-state index >= 15 is 0 Å². The maximum Gasteiger partial charge on any atom is 0.412 e. The van der Waals surface area contributed by atoms with E-state index in [0.717, 1.165) is 38.0 Å². The Morgan fingerprint density at radius 2 is 1.64 bits per heavy atom. The van der Waals surface area contributed by atoms with Gasteiger partial charge in [-0.25, -0.2) is 18.0 Å². The fourth-order valence-corrected chi connectivity index (χ4v) is 8.55. The Balaban J connectivity index is 1.40. The number of nitrogens with one attached hydrogen (secondary N) is 4. The van der Waals surface area contributed by atoms with Crippen LogP contribution in [0.5, 0.6) is 0 Å². The molecule has 0 bridgehead atoms. The first-order chi connectivity index (χ1) is 26.0. The molecule has 4 fully saturated rings. The van der Waals surface area contributed by atoms with Crippen LogP contribution < -0.4 is 25.6 Å². The van der Waals surface area contributed by atoms with Crippen molar-refractivity contribution >= 4 is 57.1 Å². The molecule has 2 saturated carbocycles. The van der Waals surface area contributed by atoms with Crippen LogP contribution >= 0.6 is 0 Å². The van der Waals surface area contributed by atoms with E-state index in [-0.39, 0.29) is 25.2 Å². The zero-order valence-electron chi connectivity index (χ0n) is 33.4. The summed E-state index contributed by atoms with van der Waals surface area (Å²) >= 11 is 0. The molecule has 0 spiro atoms. The first-order valence-corrected chi connectivity index (χ1v) is 20.8. The SMILES string of the molecule is C=CC1C[C@]1(NC(=O)[C@@H]1C[C@@H](OC(=O)Nc2cc(C(C)=O)ccc2N2CCCCC2)CN1C(=O)[C@@H](NC(=O)OC(C)(C)C)C(C)(C)C)C(=O)NS(=O)(=O)C1CC1. The number of anilines is 2. The Kier molecular flexibility index (Phi) is 12.2. The van der Waals surface area contributed by atoms with Crippen LogP contribution in [0.4, 0.5) is 21.0 Å². The number of carbonyl (C=O) groups is 6. The standard InChI is InChI=1S/C39H56N6O10S/c1-9-25-21-39(25,34(49)43-56(52,53)27-14-15-27)42-32(47)30-20-26(22-45(30)33(48)31(37(3,4)5)41-36(51)55-38(6,7)8)54-35(50)40-28-19-24(23(2)46)13-16-29(28)44-17-11-10-12-18-44/h9,13,16,19,25-27,30-31H,1,10-12,14-15,17-18,20-22H2,2-8H3,(H,40,50)(H,41,51)(H,42,47)(H,43,49)/t25?,26-,30+,31-,39-/m1/s1. The quantitative estimate of drug-likeness (QED) is 0.175. The van der Waals surface area contributed by atoms with Gasteiger partial charge in [-0.1, -0.05) is 26.8 Å². The molecule has 5 atom stereocenters. The summed E-state index contributed by atoms with van der Waals surface area (Å²) in [5.41, 5.74) is -1.90. The maximum atomic E-state index is 14.5. The van der Waals surface area contributed by atoms with Crippen molar-refractivity contribution in [2.24, 2.45) is 11.3 Å². The van der Waals surface area contributed by atoms with Crippen molar-refractivity contribution in [1.29, 1.82) is 0 Å². The lowest BCUT2D eigenvalue weighted by atomic mass is 9.85. The average Bonchev–Trinajstić information content (AvgIpc) is 4.03. The molecule has 2 aliphatic carbocycles. The van der Waals surface area contributed by atoms with Gasteiger partial charge >= 0.3 is 12.2 Å². The normalized spacial score (nSPS) is 24.3. The molecule has 56 heavy (non-hydrogen) atoms. The highest BCUT2D eigenvalue weighted by Crippen LogP contribution is 2.45. The molecule has 1 unspecified atom stereocenters. The lowest BCUT2D eigenvalue weighted by molar-refractivity contribution is -0.143. The number of ether oxygens (including phenoxy) is 2. The number of carbonyl (C=O) groups excluding carboxylic acids is 6. The van der Waals surface area contributed by atoms with Gasteiger partial charge in [0.15, 0.2) is 5.78 Å². The van der Waals surface area contributed by atoms with Crippen molar-refractivity contribution in [2.75, 3.05) is 29.9 Å². The number of rotatable bonds is 12. The summed E-state index contributed by atoms with van der Waals surface area (Å²) in [6, 6.07) is 2.57. The Hall–Kier alpha value is -4.67. The van der Waals surface area contributed by atoms with Gasteiger partial charge in [-0.2, -0.15) is 0 Å². The molecular formula is C39H56N6O10S. The number of ketones is 1. The topological polar surface area (TPSA) is 210 Å². The molecule has 2 saturated heterocycles. The van der Waals surface area contributed by atoms with Crippen molar-refractivity contribution in [3.63, 3.8) is 0 Å². The van der Waals surface area contributed by atoms with E-state index in [2.05, 4.69) is 32.2 Å². The number of amides is 5. The van der Waals surface area contributed by atoms with Crippen molar-refractivity contribution < 1.29 is 46.7 Å². The fourth-order valence-electron chi connectivity index (χ4n) is 7.19. The predicted molar refractivity (Wildman–Crippen MR) is 208 cm³/mol. The van der Waals surface area contributed by atoms with Gasteiger partial charge in [0, 0.05) is 31.0 Å². The summed E-state index contributed by atoms with van der Waals surface area (Å²) in [6.07, 6.45) is 2.48. The van der Waals surface area contributed by atoms with Crippen LogP contribution in [-0.2, 0) is 33.9 Å². The smallest absolute Gasteiger partial charge is 0.412 e. The second-order valence-electron chi connectivity index (χ2n) is 17.4. The minimum absolute atomic E-state index is 0.0841. The molecule has 0 radical (unpaired) electrons. The minimum Gasteiger partial charge on any atom is -0.444 e. The van der Waals surface area contributed by atoms with Crippen molar-refractivity contribution in [3.05, 3.63) is 36.4 Å². The Labute approximate surface area is 328 Å². The van der Waals surface area contributed by atoms with Crippen molar-refractivity contribution in [3.8, 4) is 0 Å². The first-order valence-electron chi connectivity index (χ1n) is 19.2. The molecular weight excluding hydrogens is 745 g/mol. The molecule has 4 N–H and O–H groups in total. The molecule has 2 heterocycles. The van der Waals surface area contributed by atoms with Gasteiger partial charge in [0.05, 0.1) is 23.2 Å². The number of hydrogen-bond donors (Lipinski definition) is 4. The van der Waals surface area contributed by atoms with Crippen LogP contribution in [0, 0.1) is 11.3 Å². The summed E-state index contributed by atoms with van der Waals surface area (Å²) in [4.78, 5) is 84.3. The molecule has 2 aliphatic heterocycles. The van der Waals surface area contributed by atoms with Crippen LogP contribution in [-0.4, -0.2) is 103 Å². The number of Topliss-reactive ketones (excluding diaryl/α,β-unsaturated/α-hetero) is 1. The average molecular weight is 801 g/mol. The third kappa shape index (κ3) is 10.0. The largest absolute Gasteiger partial charge is 0.444 e. The lowest BCUT2D eigenvalue weighted by Crippen LogP contribution is -2.60. The van der Waals surface area contributed by atoms with Crippen LogP contribution in [0.15, 0.2) is 30.9 Å². The van der Waals surface area contributed by atoms with Gasteiger partial charge in [0.1, 0.15) is 29.3 Å². The van der Waals surface area contributed by atoms with Crippen molar-refractivity contribution in [2.45, 2.75) is 128 Å². The number of sulfonamides is 1. The Morgan fingerprint density at radius 1 is 0.982 bits per heavy atom. The Bertz CT molecular complexity index is 1860. The summed E-state index contributed by atoms with van der Waals surface area (Å²) < 4.78 is 38.8. The molecule has 16 nitrogen and oxygen atoms in total. The zero-order valence-corrected chi connectivity index (χ0v) is 34.2. The molecule has 5 rings (SSSR count). The van der Waals surface area contributed by atoms with Gasteiger partial charge in [-0.15, -0.1) is 6.58 Å². The van der Waals surface area contributed by atoms with E-state index in [9.17, 15) is 37.2 Å². The van der Waals surface area contributed by atoms with Crippen molar-refractivity contribution in [1.82, 2.24) is 20.3 Å². The zero-order chi connectivity index (χ0) is 41.4. The summed E-state index contributed by atoms with van der Waals surface area (Å²) in [7, 11) is -3.95. The highest BCUT2D eigenvalue weighted by atomic mass is 32.2. The molecule has 1 aromatic rings. The number of alkyl carbamates (subject to hydrolysis) is 1. The number of likely N-dealkylation sites (tertiary alicyclic amines) is 1. The van der Waals surface area contributed by atoms with Crippen LogP contribution in [0.2, 0.25) is 0 Å². The number of piperidine rings is 1. The molecule has 308 valence electrons. The van der Waals surface area contributed by atoms with E-state index < -0.39 is 85.8 Å². The second kappa shape index (κ2) is 16.1. The minimum atomic E-state index is -3.95. The lowest BCUT2D eigenvalue weighted by Gasteiger charge is -2.36. The fraction of sp³-hybridized carbons (Fsp3) is 0.641. The number of hydrogen-bond acceptors (Lipinski definition) is 11.